The number of amides is 1. The molecule has 0 saturated carbocycles. The van der Waals surface area contributed by atoms with Crippen LogP contribution in [0.1, 0.15) is 26.2 Å². The Hall–Kier alpha value is -1.46. The Kier molecular flexibility index (Phi) is 6.14. The molecule has 0 aliphatic carbocycles. The lowest BCUT2D eigenvalue weighted by atomic mass is 10.1. The minimum Gasteiger partial charge on any atom is -0.322 e. The van der Waals surface area contributed by atoms with E-state index in [9.17, 15) is 9.18 Å². The highest BCUT2D eigenvalue weighted by Crippen LogP contribution is 2.12. The van der Waals surface area contributed by atoms with Crippen LogP contribution in [0.4, 0.5) is 10.1 Å². The molecule has 1 fully saturated rings. The van der Waals surface area contributed by atoms with Gasteiger partial charge in [0.05, 0.1) is 12.2 Å². The molecule has 2 N–H and O–H groups in total. The molecule has 1 aromatic rings. The van der Waals surface area contributed by atoms with E-state index in [2.05, 4.69) is 22.5 Å². The maximum atomic E-state index is 13.4. The van der Waals surface area contributed by atoms with Gasteiger partial charge in [-0.25, -0.2) is 4.39 Å². The number of hydrogen-bond acceptors (Lipinski definition) is 3. The van der Waals surface area contributed by atoms with Crippen molar-refractivity contribution >= 4 is 11.6 Å². The van der Waals surface area contributed by atoms with E-state index in [-0.39, 0.29) is 24.2 Å². The van der Waals surface area contributed by atoms with Gasteiger partial charge in [0.15, 0.2) is 0 Å². The Morgan fingerprint density at radius 2 is 2.00 bits per heavy atom. The average molecular weight is 293 g/mol. The van der Waals surface area contributed by atoms with E-state index in [1.807, 2.05) is 0 Å². The van der Waals surface area contributed by atoms with E-state index in [0.29, 0.717) is 0 Å². The minimum atomic E-state index is -0.410. The molecule has 5 heteroatoms. The zero-order valence-corrected chi connectivity index (χ0v) is 12.6. The molecule has 116 valence electrons. The Labute approximate surface area is 125 Å². The fourth-order valence-corrected chi connectivity index (χ4v) is 2.62. The molecular weight excluding hydrogens is 269 g/mol. The smallest absolute Gasteiger partial charge is 0.238 e. The summed E-state index contributed by atoms with van der Waals surface area (Å²) in [4.78, 5) is 14.2. The number of piperidine rings is 1. The molecule has 4 nitrogen and oxygen atoms in total. The van der Waals surface area contributed by atoms with Crippen LogP contribution in [0.5, 0.6) is 0 Å². The molecule has 1 aromatic carbocycles. The van der Waals surface area contributed by atoms with Gasteiger partial charge in [-0.05, 0) is 45.0 Å². The van der Waals surface area contributed by atoms with Crippen LogP contribution in [0.2, 0.25) is 0 Å². The SMILES string of the molecule is CC(CN1CCCCC1)NCC(=O)Nc1ccccc1F. The Balaban J connectivity index is 1.69. The Bertz CT molecular complexity index is 461. The first-order valence-corrected chi connectivity index (χ1v) is 7.65. The zero-order valence-electron chi connectivity index (χ0n) is 12.6. The van der Waals surface area contributed by atoms with Gasteiger partial charge in [0.1, 0.15) is 5.82 Å². The van der Waals surface area contributed by atoms with E-state index in [1.54, 1.807) is 18.2 Å². The van der Waals surface area contributed by atoms with Crippen molar-refractivity contribution in [1.82, 2.24) is 10.2 Å². The van der Waals surface area contributed by atoms with Gasteiger partial charge in [-0.1, -0.05) is 18.6 Å². The van der Waals surface area contributed by atoms with Crippen LogP contribution >= 0.6 is 0 Å². The number of anilines is 1. The predicted octanol–water partition coefficient (Wildman–Crippen LogP) is 2.23. The van der Waals surface area contributed by atoms with E-state index in [4.69, 9.17) is 0 Å². The maximum Gasteiger partial charge on any atom is 0.238 e. The van der Waals surface area contributed by atoms with Crippen LogP contribution in [-0.2, 0) is 4.79 Å². The molecule has 0 radical (unpaired) electrons. The molecule has 1 aliphatic rings. The first-order chi connectivity index (χ1) is 10.1. The van der Waals surface area contributed by atoms with Crippen LogP contribution in [-0.4, -0.2) is 43.0 Å². The molecule has 0 aromatic heterocycles. The standard InChI is InChI=1S/C16H24FN3O/c1-13(12-20-9-5-2-6-10-20)18-11-16(21)19-15-8-4-3-7-14(15)17/h3-4,7-8,13,18H,2,5-6,9-12H2,1H3,(H,19,21). The molecule has 1 aliphatic heterocycles. The molecule has 0 spiro atoms. The van der Waals surface area contributed by atoms with Gasteiger partial charge >= 0.3 is 0 Å². The summed E-state index contributed by atoms with van der Waals surface area (Å²) in [5.74, 6) is -0.627. The lowest BCUT2D eigenvalue weighted by Gasteiger charge is -2.29. The number of likely N-dealkylation sites (tertiary alicyclic amines) is 1. The highest BCUT2D eigenvalue weighted by Gasteiger charge is 2.14. The van der Waals surface area contributed by atoms with Crippen molar-refractivity contribution in [2.75, 3.05) is 31.5 Å². The van der Waals surface area contributed by atoms with Gasteiger partial charge in [-0.15, -0.1) is 0 Å². The van der Waals surface area contributed by atoms with Crippen LogP contribution in [0.3, 0.4) is 0 Å². The molecule has 1 amide bonds. The summed E-state index contributed by atoms with van der Waals surface area (Å²) in [7, 11) is 0. The third-order valence-electron chi connectivity index (χ3n) is 3.74. The fraction of sp³-hybridized carbons (Fsp3) is 0.562. The van der Waals surface area contributed by atoms with E-state index >= 15 is 0 Å². The molecule has 1 atom stereocenters. The summed E-state index contributed by atoms with van der Waals surface area (Å²) < 4.78 is 13.4. The molecule has 1 unspecified atom stereocenters. The highest BCUT2D eigenvalue weighted by molar-refractivity contribution is 5.92. The van der Waals surface area contributed by atoms with Crippen molar-refractivity contribution in [1.29, 1.82) is 0 Å². The molecule has 21 heavy (non-hydrogen) atoms. The number of carbonyl (C=O) groups excluding carboxylic acids is 1. The fourth-order valence-electron chi connectivity index (χ4n) is 2.62. The van der Waals surface area contributed by atoms with Gasteiger partial charge in [0.25, 0.3) is 0 Å². The number of benzene rings is 1. The molecule has 2 rings (SSSR count). The summed E-state index contributed by atoms with van der Waals surface area (Å²) in [6, 6.07) is 6.44. The highest BCUT2D eigenvalue weighted by atomic mass is 19.1. The molecule has 1 saturated heterocycles. The van der Waals surface area contributed by atoms with Crippen LogP contribution in [0.25, 0.3) is 0 Å². The minimum absolute atomic E-state index is 0.198. The van der Waals surface area contributed by atoms with Gasteiger partial charge in [0.2, 0.25) is 5.91 Å². The second-order valence-electron chi connectivity index (χ2n) is 5.67. The van der Waals surface area contributed by atoms with Gasteiger partial charge in [-0.3, -0.25) is 4.79 Å². The predicted molar refractivity (Wildman–Crippen MR) is 82.8 cm³/mol. The summed E-state index contributed by atoms with van der Waals surface area (Å²) in [6.07, 6.45) is 3.85. The van der Waals surface area contributed by atoms with Crippen LogP contribution in [0, 0.1) is 5.82 Å². The Morgan fingerprint density at radius 3 is 2.71 bits per heavy atom. The third kappa shape index (κ3) is 5.44. The van der Waals surface area contributed by atoms with Crippen LogP contribution in [0.15, 0.2) is 24.3 Å². The van der Waals surface area contributed by atoms with Crippen molar-refractivity contribution in [3.05, 3.63) is 30.1 Å². The van der Waals surface area contributed by atoms with Crippen molar-refractivity contribution in [2.24, 2.45) is 0 Å². The van der Waals surface area contributed by atoms with E-state index in [0.717, 1.165) is 19.6 Å². The van der Waals surface area contributed by atoms with Gasteiger partial charge < -0.3 is 15.5 Å². The first kappa shape index (κ1) is 15.9. The van der Waals surface area contributed by atoms with Crippen molar-refractivity contribution in [2.45, 2.75) is 32.2 Å². The molecular formula is C16H24FN3O. The first-order valence-electron chi connectivity index (χ1n) is 7.65. The van der Waals surface area contributed by atoms with Crippen LogP contribution < -0.4 is 10.6 Å². The van der Waals surface area contributed by atoms with Crippen molar-refractivity contribution < 1.29 is 9.18 Å². The summed E-state index contributed by atoms with van der Waals surface area (Å²) in [5.41, 5.74) is 0.230. The summed E-state index contributed by atoms with van der Waals surface area (Å²) >= 11 is 0. The topological polar surface area (TPSA) is 44.4 Å². The lowest BCUT2D eigenvalue weighted by Crippen LogP contribution is -2.43. The molecule has 1 heterocycles. The molecule has 0 bridgehead atoms. The lowest BCUT2D eigenvalue weighted by molar-refractivity contribution is -0.115. The largest absolute Gasteiger partial charge is 0.322 e. The number of nitrogens with one attached hydrogen (secondary N) is 2. The normalized spacial score (nSPS) is 17.4. The monoisotopic (exact) mass is 293 g/mol. The average Bonchev–Trinajstić information content (AvgIpc) is 2.49. The number of carbonyl (C=O) groups is 1. The zero-order chi connectivity index (χ0) is 15.1. The quantitative estimate of drug-likeness (QED) is 0.845. The van der Waals surface area contributed by atoms with Gasteiger partial charge in [0, 0.05) is 12.6 Å². The van der Waals surface area contributed by atoms with Crippen molar-refractivity contribution in [3.8, 4) is 0 Å². The van der Waals surface area contributed by atoms with Crippen molar-refractivity contribution in [3.63, 3.8) is 0 Å². The number of hydrogen-bond donors (Lipinski definition) is 2. The number of rotatable bonds is 6. The second kappa shape index (κ2) is 8.10. The second-order valence-corrected chi connectivity index (χ2v) is 5.67. The van der Waals surface area contributed by atoms with Gasteiger partial charge in [-0.2, -0.15) is 0 Å². The number of para-hydroxylation sites is 1. The van der Waals surface area contributed by atoms with E-state index in [1.165, 1.54) is 25.3 Å². The maximum absolute atomic E-state index is 13.4. The Morgan fingerprint density at radius 1 is 1.29 bits per heavy atom. The number of nitrogens with zero attached hydrogens (tertiary/aromatic N) is 1. The third-order valence-corrected chi connectivity index (χ3v) is 3.74. The summed E-state index contributed by atoms with van der Waals surface area (Å²) in [6.45, 7) is 5.52. The van der Waals surface area contributed by atoms with E-state index < -0.39 is 5.82 Å². The summed E-state index contributed by atoms with van der Waals surface area (Å²) in [5, 5.41) is 5.77. The number of halogens is 1.